The standard InChI is InChI=1S/C13H9F3N4/c1-8-6-12-18-10(9-4-2-3-5-17-9)7-11(13(14,15)16)20(12)19-8/h2-7H,1H3. The Labute approximate surface area is 111 Å². The molecule has 0 radical (unpaired) electrons. The van der Waals surface area contributed by atoms with E-state index in [0.717, 1.165) is 10.6 Å². The number of alkyl halides is 3. The summed E-state index contributed by atoms with van der Waals surface area (Å²) in [5.74, 6) is 0. The van der Waals surface area contributed by atoms with E-state index in [4.69, 9.17) is 0 Å². The molecule has 20 heavy (non-hydrogen) atoms. The van der Waals surface area contributed by atoms with Gasteiger partial charge in [0.15, 0.2) is 11.3 Å². The van der Waals surface area contributed by atoms with Crippen LogP contribution in [0.3, 0.4) is 0 Å². The van der Waals surface area contributed by atoms with Crippen molar-refractivity contribution in [1.82, 2.24) is 19.6 Å². The Kier molecular flexibility index (Phi) is 2.70. The lowest BCUT2D eigenvalue weighted by Gasteiger charge is -2.10. The highest BCUT2D eigenvalue weighted by Crippen LogP contribution is 2.31. The summed E-state index contributed by atoms with van der Waals surface area (Å²) < 4.78 is 40.1. The third-order valence-electron chi connectivity index (χ3n) is 2.77. The first-order chi connectivity index (χ1) is 9.45. The number of nitrogens with zero attached hydrogens (tertiary/aromatic N) is 4. The zero-order valence-electron chi connectivity index (χ0n) is 10.4. The molecule has 3 aromatic rings. The van der Waals surface area contributed by atoms with E-state index in [2.05, 4.69) is 15.1 Å². The number of pyridine rings is 1. The van der Waals surface area contributed by atoms with E-state index >= 15 is 0 Å². The summed E-state index contributed by atoms with van der Waals surface area (Å²) in [6, 6.07) is 7.46. The van der Waals surface area contributed by atoms with Gasteiger partial charge < -0.3 is 0 Å². The number of aromatic nitrogens is 4. The van der Waals surface area contributed by atoms with Crippen molar-refractivity contribution in [3.8, 4) is 11.4 Å². The van der Waals surface area contributed by atoms with Gasteiger partial charge in [-0.05, 0) is 25.1 Å². The summed E-state index contributed by atoms with van der Waals surface area (Å²) in [6.07, 6.45) is -3.00. The van der Waals surface area contributed by atoms with Crippen molar-refractivity contribution in [3.63, 3.8) is 0 Å². The fraction of sp³-hybridized carbons (Fsp3) is 0.154. The van der Waals surface area contributed by atoms with Gasteiger partial charge in [0.2, 0.25) is 0 Å². The lowest BCUT2D eigenvalue weighted by Crippen LogP contribution is -2.13. The molecule has 7 heteroatoms. The van der Waals surface area contributed by atoms with Crippen LogP contribution >= 0.6 is 0 Å². The monoisotopic (exact) mass is 278 g/mol. The number of aryl methyl sites for hydroxylation is 1. The van der Waals surface area contributed by atoms with Crippen LogP contribution in [0.1, 0.15) is 11.4 Å². The van der Waals surface area contributed by atoms with Gasteiger partial charge in [-0.25, -0.2) is 9.50 Å². The number of rotatable bonds is 1. The van der Waals surface area contributed by atoms with Crippen molar-refractivity contribution in [3.05, 3.63) is 47.9 Å². The summed E-state index contributed by atoms with van der Waals surface area (Å²) in [7, 11) is 0. The van der Waals surface area contributed by atoms with Gasteiger partial charge in [0.25, 0.3) is 0 Å². The van der Waals surface area contributed by atoms with Gasteiger partial charge in [-0.1, -0.05) is 6.07 Å². The number of hydrogen-bond acceptors (Lipinski definition) is 3. The van der Waals surface area contributed by atoms with Gasteiger partial charge in [0.1, 0.15) is 0 Å². The maximum atomic E-state index is 13.1. The van der Waals surface area contributed by atoms with E-state index in [1.807, 2.05) is 0 Å². The molecule has 3 aromatic heterocycles. The average molecular weight is 278 g/mol. The normalized spacial score (nSPS) is 12.0. The van der Waals surface area contributed by atoms with Crippen molar-refractivity contribution >= 4 is 5.65 Å². The number of fused-ring (bicyclic) bond motifs is 1. The molecule has 0 aliphatic rings. The molecule has 0 N–H and O–H groups in total. The molecular weight excluding hydrogens is 269 g/mol. The molecule has 0 fully saturated rings. The van der Waals surface area contributed by atoms with Crippen molar-refractivity contribution in [2.75, 3.05) is 0 Å². The van der Waals surface area contributed by atoms with E-state index in [-0.39, 0.29) is 11.3 Å². The third-order valence-corrected chi connectivity index (χ3v) is 2.77. The minimum absolute atomic E-state index is 0.151. The van der Waals surface area contributed by atoms with Gasteiger partial charge in [0, 0.05) is 12.3 Å². The van der Waals surface area contributed by atoms with Crippen LogP contribution in [0.15, 0.2) is 36.5 Å². The Bertz CT molecular complexity index is 762. The largest absolute Gasteiger partial charge is 0.433 e. The van der Waals surface area contributed by atoms with Crippen LogP contribution in [0.5, 0.6) is 0 Å². The molecule has 0 aliphatic carbocycles. The van der Waals surface area contributed by atoms with Crippen LogP contribution in [-0.2, 0) is 6.18 Å². The minimum atomic E-state index is -4.51. The SMILES string of the molecule is Cc1cc2nc(-c3ccccn3)cc(C(F)(F)F)n2n1. The van der Waals surface area contributed by atoms with Crippen LogP contribution in [-0.4, -0.2) is 19.6 Å². The van der Waals surface area contributed by atoms with Gasteiger partial charge in [-0.15, -0.1) is 0 Å². The second-order valence-corrected chi connectivity index (χ2v) is 4.30. The molecule has 0 saturated carbocycles. The summed E-state index contributed by atoms with van der Waals surface area (Å²) in [5.41, 5.74) is 0.320. The maximum absolute atomic E-state index is 13.1. The predicted molar refractivity (Wildman–Crippen MR) is 66.0 cm³/mol. The second-order valence-electron chi connectivity index (χ2n) is 4.30. The molecule has 4 nitrogen and oxygen atoms in total. The highest BCUT2D eigenvalue weighted by molar-refractivity contribution is 5.59. The van der Waals surface area contributed by atoms with Crippen molar-refractivity contribution in [2.24, 2.45) is 0 Å². The van der Waals surface area contributed by atoms with E-state index in [1.54, 1.807) is 25.1 Å². The molecule has 0 saturated heterocycles. The number of halogens is 3. The average Bonchev–Trinajstić information content (AvgIpc) is 2.77. The first kappa shape index (κ1) is 12.6. The van der Waals surface area contributed by atoms with Crippen LogP contribution in [0.25, 0.3) is 17.0 Å². The van der Waals surface area contributed by atoms with E-state index in [1.165, 1.54) is 12.3 Å². The minimum Gasteiger partial charge on any atom is -0.255 e. The van der Waals surface area contributed by atoms with Crippen LogP contribution in [0, 0.1) is 6.92 Å². The Hall–Kier alpha value is -2.44. The topological polar surface area (TPSA) is 43.1 Å². The van der Waals surface area contributed by atoms with Crippen molar-refractivity contribution in [1.29, 1.82) is 0 Å². The Morgan fingerprint density at radius 1 is 1.10 bits per heavy atom. The Balaban J connectivity index is 2.31. The smallest absolute Gasteiger partial charge is 0.255 e. The summed E-state index contributed by atoms with van der Waals surface area (Å²) in [6.45, 7) is 1.62. The molecule has 0 spiro atoms. The molecule has 0 unspecified atom stereocenters. The highest BCUT2D eigenvalue weighted by Gasteiger charge is 2.35. The van der Waals surface area contributed by atoms with Crippen molar-refractivity contribution < 1.29 is 13.2 Å². The Morgan fingerprint density at radius 3 is 2.55 bits per heavy atom. The number of hydrogen-bond donors (Lipinski definition) is 0. The van der Waals surface area contributed by atoms with E-state index < -0.39 is 11.9 Å². The molecular formula is C13H9F3N4. The molecule has 0 aromatic carbocycles. The van der Waals surface area contributed by atoms with Crippen LogP contribution < -0.4 is 0 Å². The van der Waals surface area contributed by atoms with Crippen molar-refractivity contribution in [2.45, 2.75) is 13.1 Å². The van der Waals surface area contributed by atoms with E-state index in [0.29, 0.717) is 11.4 Å². The molecule has 102 valence electrons. The van der Waals surface area contributed by atoms with Gasteiger partial charge in [0.05, 0.1) is 17.1 Å². The third kappa shape index (κ3) is 2.11. The fourth-order valence-electron chi connectivity index (χ4n) is 1.94. The zero-order chi connectivity index (χ0) is 14.3. The van der Waals surface area contributed by atoms with Crippen LogP contribution in [0.2, 0.25) is 0 Å². The Morgan fingerprint density at radius 2 is 1.90 bits per heavy atom. The molecule has 0 amide bonds. The summed E-state index contributed by atoms with van der Waals surface area (Å²) in [4.78, 5) is 8.20. The van der Waals surface area contributed by atoms with Gasteiger partial charge in [-0.3, -0.25) is 4.98 Å². The molecule has 0 bridgehead atoms. The van der Waals surface area contributed by atoms with Gasteiger partial charge in [-0.2, -0.15) is 18.3 Å². The summed E-state index contributed by atoms with van der Waals surface area (Å²) in [5, 5.41) is 3.83. The predicted octanol–water partition coefficient (Wildman–Crippen LogP) is 3.12. The highest BCUT2D eigenvalue weighted by atomic mass is 19.4. The molecule has 3 rings (SSSR count). The van der Waals surface area contributed by atoms with Crippen LogP contribution in [0.4, 0.5) is 13.2 Å². The van der Waals surface area contributed by atoms with E-state index in [9.17, 15) is 13.2 Å². The first-order valence-electron chi connectivity index (χ1n) is 5.81. The lowest BCUT2D eigenvalue weighted by molar-refractivity contribution is -0.142. The zero-order valence-corrected chi connectivity index (χ0v) is 10.4. The first-order valence-corrected chi connectivity index (χ1v) is 5.81. The molecule has 3 heterocycles. The molecule has 0 atom stereocenters. The molecule has 0 aliphatic heterocycles. The fourth-order valence-corrected chi connectivity index (χ4v) is 1.94. The lowest BCUT2D eigenvalue weighted by atomic mass is 10.2. The van der Waals surface area contributed by atoms with Gasteiger partial charge >= 0.3 is 6.18 Å². The maximum Gasteiger partial charge on any atom is 0.433 e. The second kappa shape index (κ2) is 4.29. The quantitative estimate of drug-likeness (QED) is 0.687. The summed E-state index contributed by atoms with van der Waals surface area (Å²) >= 11 is 0.